The molecule has 3 rings (SSSR count). The van der Waals surface area contributed by atoms with E-state index in [2.05, 4.69) is 11.1 Å². The maximum Gasteiger partial charge on any atom is 0.348 e. The van der Waals surface area contributed by atoms with Gasteiger partial charge in [-0.3, -0.25) is 4.98 Å². The summed E-state index contributed by atoms with van der Waals surface area (Å²) in [6.45, 7) is 2.25. The Morgan fingerprint density at radius 1 is 1.42 bits per heavy atom. The van der Waals surface area contributed by atoms with Crippen molar-refractivity contribution in [1.29, 1.82) is 0 Å². The van der Waals surface area contributed by atoms with Crippen molar-refractivity contribution < 1.29 is 9.53 Å². The second kappa shape index (κ2) is 5.13. The third kappa shape index (κ3) is 2.28. The largest absolute Gasteiger partial charge is 0.462 e. The van der Waals surface area contributed by atoms with Crippen molar-refractivity contribution >= 4 is 17.3 Å². The van der Waals surface area contributed by atoms with Crippen LogP contribution in [0.1, 0.15) is 34.1 Å². The number of hydrogen-bond acceptors (Lipinski definition) is 4. The van der Waals surface area contributed by atoms with E-state index >= 15 is 0 Å². The highest BCUT2D eigenvalue weighted by Crippen LogP contribution is 2.38. The molecule has 0 fully saturated rings. The van der Waals surface area contributed by atoms with Gasteiger partial charge >= 0.3 is 5.97 Å². The first-order valence-corrected chi connectivity index (χ1v) is 7.34. The summed E-state index contributed by atoms with van der Waals surface area (Å²) in [4.78, 5) is 17.9. The normalized spacial score (nSPS) is 13.3. The van der Waals surface area contributed by atoms with Gasteiger partial charge in [-0.25, -0.2) is 4.79 Å². The van der Waals surface area contributed by atoms with Crippen LogP contribution in [0, 0.1) is 0 Å². The molecule has 0 N–H and O–H groups in total. The van der Waals surface area contributed by atoms with Crippen LogP contribution in [0.3, 0.4) is 0 Å². The van der Waals surface area contributed by atoms with Gasteiger partial charge in [0.05, 0.1) is 6.61 Å². The van der Waals surface area contributed by atoms with Gasteiger partial charge in [-0.15, -0.1) is 11.3 Å². The molecule has 0 saturated heterocycles. The molecule has 4 heteroatoms. The van der Waals surface area contributed by atoms with E-state index in [9.17, 15) is 4.79 Å². The van der Waals surface area contributed by atoms with E-state index < -0.39 is 0 Å². The summed E-state index contributed by atoms with van der Waals surface area (Å²) in [5, 5.41) is 0. The number of pyridine rings is 1. The number of rotatable bonds is 2. The minimum Gasteiger partial charge on any atom is -0.462 e. The molecular formula is C15H15NO2S. The van der Waals surface area contributed by atoms with Crippen molar-refractivity contribution in [3.05, 3.63) is 40.5 Å². The highest BCUT2D eigenvalue weighted by Gasteiger charge is 2.20. The summed E-state index contributed by atoms with van der Waals surface area (Å²) in [7, 11) is 0. The lowest BCUT2D eigenvalue weighted by molar-refractivity contribution is 0.0532. The summed E-state index contributed by atoms with van der Waals surface area (Å²) in [6, 6.07) is 4.06. The van der Waals surface area contributed by atoms with Gasteiger partial charge in [-0.1, -0.05) is 0 Å². The zero-order chi connectivity index (χ0) is 13.2. The fourth-order valence-corrected chi connectivity index (χ4v) is 3.61. The van der Waals surface area contributed by atoms with Crippen LogP contribution in [0.25, 0.3) is 10.4 Å². The Bertz CT molecular complexity index is 618. The fraction of sp³-hybridized carbons (Fsp3) is 0.333. The first kappa shape index (κ1) is 12.4. The average molecular weight is 273 g/mol. The molecule has 0 aliphatic heterocycles. The van der Waals surface area contributed by atoms with Gasteiger partial charge in [-0.2, -0.15) is 0 Å². The lowest BCUT2D eigenvalue weighted by atomic mass is 10.1. The van der Waals surface area contributed by atoms with Crippen molar-refractivity contribution in [2.24, 2.45) is 0 Å². The molecule has 2 aromatic rings. The molecule has 1 aliphatic rings. The van der Waals surface area contributed by atoms with E-state index in [1.54, 1.807) is 0 Å². The number of carbonyl (C=O) groups excluding carboxylic acids is 1. The van der Waals surface area contributed by atoms with Gasteiger partial charge in [0.15, 0.2) is 0 Å². The number of hydrogen-bond donors (Lipinski definition) is 0. The molecule has 0 unspecified atom stereocenters. The Hall–Kier alpha value is -1.68. The Morgan fingerprint density at radius 2 is 2.26 bits per heavy atom. The van der Waals surface area contributed by atoms with E-state index in [0.717, 1.165) is 19.3 Å². The SMILES string of the molecule is CCOC(=O)c1cc2c(s1)-c1cnccc1CCC2. The van der Waals surface area contributed by atoms with Crippen LogP contribution in [0.15, 0.2) is 24.5 Å². The maximum atomic E-state index is 11.8. The number of nitrogens with zero attached hydrogens (tertiary/aromatic N) is 1. The van der Waals surface area contributed by atoms with Crippen molar-refractivity contribution in [3.63, 3.8) is 0 Å². The quantitative estimate of drug-likeness (QED) is 0.786. The Kier molecular flexibility index (Phi) is 3.34. The number of carbonyl (C=O) groups is 1. The lowest BCUT2D eigenvalue weighted by Crippen LogP contribution is -2.01. The van der Waals surface area contributed by atoms with Crippen LogP contribution >= 0.6 is 11.3 Å². The van der Waals surface area contributed by atoms with Gasteiger partial charge in [0.1, 0.15) is 4.88 Å². The number of aryl methyl sites for hydroxylation is 2. The number of esters is 1. The van der Waals surface area contributed by atoms with E-state index in [1.165, 1.54) is 32.9 Å². The van der Waals surface area contributed by atoms with Gasteiger partial charge in [0, 0.05) is 22.8 Å². The third-order valence-corrected chi connectivity index (χ3v) is 4.52. The smallest absolute Gasteiger partial charge is 0.348 e. The number of ether oxygens (including phenoxy) is 1. The summed E-state index contributed by atoms with van der Waals surface area (Å²) >= 11 is 1.52. The van der Waals surface area contributed by atoms with Crippen molar-refractivity contribution in [1.82, 2.24) is 4.98 Å². The molecule has 19 heavy (non-hydrogen) atoms. The molecule has 0 aromatic carbocycles. The summed E-state index contributed by atoms with van der Waals surface area (Å²) < 4.78 is 5.08. The molecule has 0 amide bonds. The standard InChI is InChI=1S/C15H15NO2S/c1-2-18-15(17)13-8-11-5-3-4-10-6-7-16-9-12(10)14(11)19-13/h6-9H,2-5H2,1H3. The highest BCUT2D eigenvalue weighted by atomic mass is 32.1. The first-order valence-electron chi connectivity index (χ1n) is 6.52. The van der Waals surface area contributed by atoms with Crippen LogP contribution in [-0.2, 0) is 17.6 Å². The Labute approximate surface area is 116 Å². The van der Waals surface area contributed by atoms with Crippen LogP contribution in [0.2, 0.25) is 0 Å². The van der Waals surface area contributed by atoms with Crippen molar-refractivity contribution in [2.75, 3.05) is 6.61 Å². The number of fused-ring (bicyclic) bond motifs is 3. The maximum absolute atomic E-state index is 11.8. The van der Waals surface area contributed by atoms with E-state index in [4.69, 9.17) is 4.74 Å². The van der Waals surface area contributed by atoms with E-state index in [1.807, 2.05) is 25.4 Å². The fourth-order valence-electron chi connectivity index (χ4n) is 2.46. The van der Waals surface area contributed by atoms with Crippen LogP contribution in [0.5, 0.6) is 0 Å². The molecule has 0 saturated carbocycles. The summed E-state index contributed by atoms with van der Waals surface area (Å²) in [5.74, 6) is -0.217. The zero-order valence-corrected chi connectivity index (χ0v) is 11.6. The van der Waals surface area contributed by atoms with Gasteiger partial charge in [-0.05, 0) is 49.4 Å². The molecule has 98 valence electrons. The third-order valence-electron chi connectivity index (χ3n) is 3.33. The predicted molar refractivity (Wildman–Crippen MR) is 75.5 cm³/mol. The number of aromatic nitrogens is 1. The van der Waals surface area contributed by atoms with Crippen LogP contribution < -0.4 is 0 Å². The molecule has 2 aromatic heterocycles. The van der Waals surface area contributed by atoms with E-state index in [-0.39, 0.29) is 5.97 Å². The summed E-state index contributed by atoms with van der Waals surface area (Å²) in [6.07, 6.45) is 6.95. The topological polar surface area (TPSA) is 39.2 Å². The molecule has 0 radical (unpaired) electrons. The van der Waals surface area contributed by atoms with Crippen molar-refractivity contribution in [3.8, 4) is 10.4 Å². The average Bonchev–Trinajstić information content (AvgIpc) is 2.77. The molecule has 0 bridgehead atoms. The summed E-state index contributed by atoms with van der Waals surface area (Å²) in [5.41, 5.74) is 3.75. The lowest BCUT2D eigenvalue weighted by Gasteiger charge is -2.03. The molecule has 1 aliphatic carbocycles. The first-order chi connectivity index (χ1) is 9.29. The zero-order valence-electron chi connectivity index (χ0n) is 10.8. The molecule has 0 atom stereocenters. The molecular weight excluding hydrogens is 258 g/mol. The molecule has 0 spiro atoms. The van der Waals surface area contributed by atoms with Gasteiger partial charge in [0.2, 0.25) is 0 Å². The monoisotopic (exact) mass is 273 g/mol. The predicted octanol–water partition coefficient (Wildman–Crippen LogP) is 3.48. The second-order valence-electron chi connectivity index (χ2n) is 4.57. The number of thiophene rings is 1. The van der Waals surface area contributed by atoms with Gasteiger partial charge < -0.3 is 4.74 Å². The Balaban J connectivity index is 2.06. The second-order valence-corrected chi connectivity index (χ2v) is 5.62. The minimum absolute atomic E-state index is 0.217. The molecule has 3 nitrogen and oxygen atoms in total. The highest BCUT2D eigenvalue weighted by molar-refractivity contribution is 7.17. The van der Waals surface area contributed by atoms with Gasteiger partial charge in [0.25, 0.3) is 0 Å². The molecule has 2 heterocycles. The minimum atomic E-state index is -0.217. The van der Waals surface area contributed by atoms with Crippen molar-refractivity contribution in [2.45, 2.75) is 26.2 Å². The van der Waals surface area contributed by atoms with Crippen LogP contribution in [-0.4, -0.2) is 17.6 Å². The Morgan fingerprint density at radius 3 is 3.11 bits per heavy atom. The van der Waals surface area contributed by atoms with Crippen LogP contribution in [0.4, 0.5) is 0 Å². The van der Waals surface area contributed by atoms with E-state index in [0.29, 0.717) is 11.5 Å².